The van der Waals surface area contributed by atoms with Gasteiger partial charge in [0.05, 0.1) is 11.3 Å². The maximum Gasteiger partial charge on any atom is 0.252 e. The van der Waals surface area contributed by atoms with Crippen molar-refractivity contribution in [3.05, 3.63) is 44.9 Å². The zero-order valence-corrected chi connectivity index (χ0v) is 12.2. The highest BCUT2D eigenvalue weighted by Crippen LogP contribution is 2.24. The van der Waals surface area contributed by atoms with Crippen molar-refractivity contribution in [1.82, 2.24) is 4.57 Å². The lowest BCUT2D eigenvalue weighted by Gasteiger charge is -2.21. The second-order valence-corrected chi connectivity index (χ2v) is 5.34. The normalized spacial score (nSPS) is 12.1. The van der Waals surface area contributed by atoms with Gasteiger partial charge >= 0.3 is 0 Å². The highest BCUT2D eigenvalue weighted by molar-refractivity contribution is 7.08. The Hall–Kier alpha value is -2.08. The second kappa shape index (κ2) is 5.92. The Morgan fingerprint density at radius 2 is 2.20 bits per heavy atom. The molecule has 2 aromatic heterocycles. The first kappa shape index (κ1) is 14.3. The summed E-state index contributed by atoms with van der Waals surface area (Å²) >= 11 is 1.53. The number of rotatable bonds is 5. The van der Waals surface area contributed by atoms with Gasteiger partial charge in [0.15, 0.2) is 0 Å². The number of hydrogen-bond acceptors (Lipinski definition) is 4. The number of primary amides is 1. The monoisotopic (exact) mass is 291 g/mol. The van der Waals surface area contributed by atoms with Crippen molar-refractivity contribution in [1.29, 1.82) is 0 Å². The summed E-state index contributed by atoms with van der Waals surface area (Å²) in [6.45, 7) is 3.92. The zero-order valence-electron chi connectivity index (χ0n) is 11.4. The molecule has 0 aliphatic heterocycles. The lowest BCUT2D eigenvalue weighted by Crippen LogP contribution is -2.28. The number of thiophene rings is 1. The summed E-state index contributed by atoms with van der Waals surface area (Å²) in [6.07, 6.45) is 0.778. The van der Waals surface area contributed by atoms with Crippen LogP contribution in [0, 0.1) is 0 Å². The smallest absolute Gasteiger partial charge is 0.252 e. The van der Waals surface area contributed by atoms with Gasteiger partial charge in [0.2, 0.25) is 0 Å². The van der Waals surface area contributed by atoms with Crippen LogP contribution in [-0.2, 0) is 0 Å². The molecule has 0 spiro atoms. The van der Waals surface area contributed by atoms with Gasteiger partial charge in [0.25, 0.3) is 11.5 Å². The third-order valence-electron chi connectivity index (χ3n) is 3.21. The predicted molar refractivity (Wildman–Crippen MR) is 81.8 cm³/mol. The van der Waals surface area contributed by atoms with E-state index in [1.165, 1.54) is 23.5 Å². The highest BCUT2D eigenvalue weighted by Gasteiger charge is 2.17. The molecule has 0 aliphatic rings. The van der Waals surface area contributed by atoms with E-state index in [9.17, 15) is 9.59 Å². The van der Waals surface area contributed by atoms with Gasteiger partial charge in [0, 0.05) is 17.5 Å². The number of aromatic nitrogens is 1. The molecule has 2 aromatic rings. The van der Waals surface area contributed by atoms with Crippen LogP contribution < -0.4 is 16.6 Å². The first-order chi connectivity index (χ1) is 9.54. The topological polar surface area (TPSA) is 77.1 Å². The van der Waals surface area contributed by atoms with Crippen molar-refractivity contribution in [2.24, 2.45) is 5.73 Å². The molecule has 0 bridgehead atoms. The van der Waals surface area contributed by atoms with E-state index in [2.05, 4.69) is 5.32 Å². The van der Waals surface area contributed by atoms with Crippen LogP contribution in [0.1, 0.15) is 36.7 Å². The fraction of sp³-hybridized carbons (Fsp3) is 0.286. The number of anilines is 2. The van der Waals surface area contributed by atoms with E-state index in [0.29, 0.717) is 11.4 Å². The van der Waals surface area contributed by atoms with Crippen molar-refractivity contribution in [2.75, 3.05) is 5.32 Å². The van der Waals surface area contributed by atoms with Gasteiger partial charge in [0.1, 0.15) is 5.82 Å². The summed E-state index contributed by atoms with van der Waals surface area (Å²) in [7, 11) is 0. The third kappa shape index (κ3) is 2.75. The Labute approximate surface area is 121 Å². The van der Waals surface area contributed by atoms with Crippen molar-refractivity contribution in [3.8, 4) is 0 Å². The van der Waals surface area contributed by atoms with Gasteiger partial charge in [-0.1, -0.05) is 6.92 Å². The van der Waals surface area contributed by atoms with E-state index >= 15 is 0 Å². The lowest BCUT2D eigenvalue weighted by molar-refractivity contribution is 0.100. The molecule has 5 nitrogen and oxygen atoms in total. The minimum atomic E-state index is -0.556. The van der Waals surface area contributed by atoms with Gasteiger partial charge in [-0.05, 0) is 30.9 Å². The van der Waals surface area contributed by atoms with Crippen LogP contribution >= 0.6 is 11.3 Å². The fourth-order valence-electron chi connectivity index (χ4n) is 1.97. The first-order valence-corrected chi connectivity index (χ1v) is 7.33. The van der Waals surface area contributed by atoms with Crippen molar-refractivity contribution in [3.63, 3.8) is 0 Å². The number of nitrogens with one attached hydrogen (secondary N) is 1. The molecular formula is C14H17N3O2S. The predicted octanol–water partition coefficient (Wildman–Crippen LogP) is 2.72. The minimum Gasteiger partial charge on any atom is -0.365 e. The third-order valence-corrected chi connectivity index (χ3v) is 3.89. The van der Waals surface area contributed by atoms with E-state index in [1.807, 2.05) is 30.7 Å². The molecule has 0 aromatic carbocycles. The van der Waals surface area contributed by atoms with Gasteiger partial charge < -0.3 is 11.1 Å². The second-order valence-electron chi connectivity index (χ2n) is 4.56. The maximum absolute atomic E-state index is 12.1. The summed E-state index contributed by atoms with van der Waals surface area (Å²) in [5, 5.41) is 6.95. The van der Waals surface area contributed by atoms with Crippen LogP contribution in [0.2, 0.25) is 0 Å². The molecule has 106 valence electrons. The number of carbonyl (C=O) groups is 1. The SMILES string of the molecule is CCC(C)n1c(Nc2ccsc2)c(C(N)=O)ccc1=O. The largest absolute Gasteiger partial charge is 0.365 e. The Morgan fingerprint density at radius 3 is 2.75 bits per heavy atom. The first-order valence-electron chi connectivity index (χ1n) is 6.39. The number of pyridine rings is 1. The van der Waals surface area contributed by atoms with Crippen molar-refractivity contribution in [2.45, 2.75) is 26.3 Å². The summed E-state index contributed by atoms with van der Waals surface area (Å²) in [6, 6.07) is 4.71. The highest BCUT2D eigenvalue weighted by atomic mass is 32.1. The van der Waals surface area contributed by atoms with E-state index < -0.39 is 5.91 Å². The van der Waals surface area contributed by atoms with Crippen LogP contribution in [0.4, 0.5) is 11.5 Å². The minimum absolute atomic E-state index is 0.0251. The van der Waals surface area contributed by atoms with Crippen LogP contribution in [0.3, 0.4) is 0 Å². The molecule has 6 heteroatoms. The van der Waals surface area contributed by atoms with Crippen LogP contribution in [0.5, 0.6) is 0 Å². The van der Waals surface area contributed by atoms with Gasteiger partial charge in [-0.3, -0.25) is 14.2 Å². The molecule has 0 saturated heterocycles. The maximum atomic E-state index is 12.1. The number of nitrogens with zero attached hydrogens (tertiary/aromatic N) is 1. The number of amides is 1. The molecule has 3 N–H and O–H groups in total. The summed E-state index contributed by atoms with van der Waals surface area (Å²) in [5.74, 6) is -0.0995. The van der Waals surface area contributed by atoms with Gasteiger partial charge in [-0.2, -0.15) is 11.3 Å². The Kier molecular flexibility index (Phi) is 4.24. The molecule has 2 heterocycles. The molecule has 0 aliphatic carbocycles. The van der Waals surface area contributed by atoms with E-state index in [1.54, 1.807) is 4.57 Å². The molecular weight excluding hydrogens is 274 g/mol. The summed E-state index contributed by atoms with van der Waals surface area (Å²) in [4.78, 5) is 23.7. The zero-order chi connectivity index (χ0) is 14.7. The summed E-state index contributed by atoms with van der Waals surface area (Å²) < 4.78 is 1.58. The standard InChI is InChI=1S/C14H17N3O2S/c1-3-9(2)17-12(18)5-4-11(13(15)19)14(17)16-10-6-7-20-8-10/h4-9,16H,3H2,1-2H3,(H2,15,19). The molecule has 1 atom stereocenters. The fourth-order valence-corrected chi connectivity index (χ4v) is 2.56. The number of hydrogen-bond donors (Lipinski definition) is 2. The average molecular weight is 291 g/mol. The molecule has 0 fully saturated rings. The van der Waals surface area contributed by atoms with Crippen LogP contribution in [0.25, 0.3) is 0 Å². The van der Waals surface area contributed by atoms with Gasteiger partial charge in [-0.25, -0.2) is 0 Å². The quantitative estimate of drug-likeness (QED) is 0.889. The number of nitrogens with two attached hydrogens (primary N) is 1. The van der Waals surface area contributed by atoms with Crippen molar-refractivity contribution < 1.29 is 4.79 Å². The molecule has 20 heavy (non-hydrogen) atoms. The van der Waals surface area contributed by atoms with Crippen LogP contribution in [0.15, 0.2) is 33.8 Å². The average Bonchev–Trinajstić information content (AvgIpc) is 2.91. The lowest BCUT2D eigenvalue weighted by atomic mass is 10.2. The Balaban J connectivity index is 2.62. The van der Waals surface area contributed by atoms with Crippen LogP contribution in [-0.4, -0.2) is 10.5 Å². The van der Waals surface area contributed by atoms with E-state index in [0.717, 1.165) is 12.1 Å². The molecule has 1 unspecified atom stereocenters. The van der Waals surface area contributed by atoms with Gasteiger partial charge in [-0.15, -0.1) is 0 Å². The Bertz CT molecular complexity index is 662. The Morgan fingerprint density at radius 1 is 1.45 bits per heavy atom. The van der Waals surface area contributed by atoms with E-state index in [-0.39, 0.29) is 11.6 Å². The summed E-state index contributed by atoms with van der Waals surface area (Å²) in [5.41, 5.74) is 6.41. The number of carbonyl (C=O) groups excluding carboxylic acids is 1. The van der Waals surface area contributed by atoms with Crippen molar-refractivity contribution >= 4 is 28.7 Å². The molecule has 0 radical (unpaired) electrons. The molecule has 0 saturated carbocycles. The molecule has 1 amide bonds. The van der Waals surface area contributed by atoms with E-state index in [4.69, 9.17) is 5.73 Å². The molecule has 2 rings (SSSR count).